The number of hydrogen-bond acceptors (Lipinski definition) is 3. The molecule has 0 atom stereocenters. The molecule has 1 aromatic carbocycles. The summed E-state index contributed by atoms with van der Waals surface area (Å²) in [6.07, 6.45) is 1.09. The fourth-order valence-corrected chi connectivity index (χ4v) is 1.41. The van der Waals surface area contributed by atoms with Gasteiger partial charge in [0, 0.05) is 13.0 Å². The number of ether oxygens (including phenoxy) is 1. The van der Waals surface area contributed by atoms with Gasteiger partial charge in [-0.15, -0.1) is 0 Å². The van der Waals surface area contributed by atoms with Crippen LogP contribution in [0.25, 0.3) is 0 Å². The number of benzene rings is 1. The zero-order chi connectivity index (χ0) is 12.5. The largest absolute Gasteiger partial charge is 0.494 e. The second-order valence-electron chi connectivity index (χ2n) is 3.84. The summed E-state index contributed by atoms with van der Waals surface area (Å²) < 4.78 is 5.51. The highest BCUT2D eigenvalue weighted by molar-refractivity contribution is 5.75. The Morgan fingerprint density at radius 2 is 2.29 bits per heavy atom. The molecule has 1 amide bonds. The minimum Gasteiger partial charge on any atom is -0.494 e. The van der Waals surface area contributed by atoms with Crippen LogP contribution in [-0.4, -0.2) is 30.8 Å². The molecule has 0 saturated heterocycles. The van der Waals surface area contributed by atoms with E-state index in [9.17, 15) is 4.79 Å². The van der Waals surface area contributed by atoms with Crippen molar-refractivity contribution in [2.75, 3.05) is 19.8 Å². The van der Waals surface area contributed by atoms with Crippen molar-refractivity contribution >= 4 is 5.91 Å². The minimum atomic E-state index is -0.0492. The van der Waals surface area contributed by atoms with Gasteiger partial charge in [-0.25, -0.2) is 0 Å². The van der Waals surface area contributed by atoms with Gasteiger partial charge in [0.25, 0.3) is 0 Å². The van der Waals surface area contributed by atoms with Gasteiger partial charge in [-0.3, -0.25) is 4.79 Å². The van der Waals surface area contributed by atoms with Crippen LogP contribution in [0.3, 0.4) is 0 Å². The molecule has 94 valence electrons. The molecule has 0 aromatic heterocycles. The molecule has 0 aliphatic carbocycles. The lowest BCUT2D eigenvalue weighted by Crippen LogP contribution is -2.26. The Hall–Kier alpha value is -1.55. The number of carbonyl (C=O) groups excluding carboxylic acids is 1. The summed E-state index contributed by atoms with van der Waals surface area (Å²) in [6.45, 7) is 2.83. The number of aliphatic hydroxyl groups is 1. The standard InChI is InChI=1S/C13H19NO3/c1-11-4-2-5-12(10-11)17-9-3-6-13(16)14-7-8-15/h2,4-5,10,15H,3,6-9H2,1H3,(H,14,16). The van der Waals surface area contributed by atoms with E-state index in [1.165, 1.54) is 0 Å². The molecule has 1 aromatic rings. The third-order valence-electron chi connectivity index (χ3n) is 2.24. The first kappa shape index (κ1) is 13.5. The highest BCUT2D eigenvalue weighted by Crippen LogP contribution is 2.12. The maximum absolute atomic E-state index is 11.2. The Balaban J connectivity index is 2.14. The number of aryl methyl sites for hydroxylation is 1. The third kappa shape index (κ3) is 5.92. The second-order valence-corrected chi connectivity index (χ2v) is 3.84. The van der Waals surface area contributed by atoms with Crippen molar-refractivity contribution in [3.63, 3.8) is 0 Å². The van der Waals surface area contributed by atoms with E-state index in [2.05, 4.69) is 5.32 Å². The molecule has 2 N–H and O–H groups in total. The van der Waals surface area contributed by atoms with Crippen LogP contribution in [0.2, 0.25) is 0 Å². The van der Waals surface area contributed by atoms with Crippen LogP contribution in [0.1, 0.15) is 18.4 Å². The maximum Gasteiger partial charge on any atom is 0.220 e. The molecular formula is C13H19NO3. The molecule has 0 radical (unpaired) electrons. The quantitative estimate of drug-likeness (QED) is 0.702. The predicted octanol–water partition coefficient (Wildman–Crippen LogP) is 1.26. The Morgan fingerprint density at radius 3 is 3.00 bits per heavy atom. The van der Waals surface area contributed by atoms with Gasteiger partial charge in [0.1, 0.15) is 5.75 Å². The van der Waals surface area contributed by atoms with E-state index in [0.29, 0.717) is 26.0 Å². The first-order valence-corrected chi connectivity index (χ1v) is 5.79. The van der Waals surface area contributed by atoms with E-state index in [-0.39, 0.29) is 12.5 Å². The van der Waals surface area contributed by atoms with Crippen molar-refractivity contribution in [2.24, 2.45) is 0 Å². The zero-order valence-corrected chi connectivity index (χ0v) is 10.1. The van der Waals surface area contributed by atoms with E-state index >= 15 is 0 Å². The van der Waals surface area contributed by atoms with Crippen LogP contribution in [0.4, 0.5) is 0 Å². The summed E-state index contributed by atoms with van der Waals surface area (Å²) in [5, 5.41) is 11.1. The summed E-state index contributed by atoms with van der Waals surface area (Å²) in [4.78, 5) is 11.2. The highest BCUT2D eigenvalue weighted by Gasteiger charge is 2.00. The number of carbonyl (C=O) groups is 1. The van der Waals surface area contributed by atoms with Crippen molar-refractivity contribution < 1.29 is 14.6 Å². The molecule has 0 spiro atoms. The molecule has 0 fully saturated rings. The average Bonchev–Trinajstić information content (AvgIpc) is 2.32. The Bertz CT molecular complexity index is 352. The number of nitrogens with one attached hydrogen (secondary N) is 1. The zero-order valence-electron chi connectivity index (χ0n) is 10.1. The molecular weight excluding hydrogens is 218 g/mol. The van der Waals surface area contributed by atoms with Crippen LogP contribution in [-0.2, 0) is 4.79 Å². The van der Waals surface area contributed by atoms with Crippen molar-refractivity contribution in [3.05, 3.63) is 29.8 Å². The summed E-state index contributed by atoms with van der Waals surface area (Å²) in [7, 11) is 0. The van der Waals surface area contributed by atoms with Gasteiger partial charge in [0.05, 0.1) is 13.2 Å². The Morgan fingerprint density at radius 1 is 1.47 bits per heavy atom. The molecule has 0 saturated carbocycles. The van der Waals surface area contributed by atoms with E-state index in [1.54, 1.807) is 0 Å². The molecule has 4 nitrogen and oxygen atoms in total. The SMILES string of the molecule is Cc1cccc(OCCCC(=O)NCCO)c1. The average molecular weight is 237 g/mol. The van der Waals surface area contributed by atoms with Crippen molar-refractivity contribution in [2.45, 2.75) is 19.8 Å². The van der Waals surface area contributed by atoms with E-state index in [0.717, 1.165) is 11.3 Å². The van der Waals surface area contributed by atoms with E-state index in [1.807, 2.05) is 31.2 Å². The number of amides is 1. The van der Waals surface area contributed by atoms with Gasteiger partial charge in [0.15, 0.2) is 0 Å². The molecule has 17 heavy (non-hydrogen) atoms. The lowest BCUT2D eigenvalue weighted by atomic mass is 10.2. The van der Waals surface area contributed by atoms with Gasteiger partial charge in [-0.2, -0.15) is 0 Å². The van der Waals surface area contributed by atoms with Crippen molar-refractivity contribution in [1.82, 2.24) is 5.32 Å². The van der Waals surface area contributed by atoms with Crippen LogP contribution in [0.15, 0.2) is 24.3 Å². The summed E-state index contributed by atoms with van der Waals surface area (Å²) in [6, 6.07) is 7.82. The summed E-state index contributed by atoms with van der Waals surface area (Å²) in [5.41, 5.74) is 1.16. The minimum absolute atomic E-state index is 0.0223. The van der Waals surface area contributed by atoms with Crippen molar-refractivity contribution in [3.8, 4) is 5.75 Å². The van der Waals surface area contributed by atoms with Gasteiger partial charge in [-0.05, 0) is 31.0 Å². The fraction of sp³-hybridized carbons (Fsp3) is 0.462. The maximum atomic E-state index is 11.2. The normalized spacial score (nSPS) is 10.0. The van der Waals surface area contributed by atoms with Gasteiger partial charge < -0.3 is 15.2 Å². The Kier molecular flexibility index (Phi) is 6.10. The lowest BCUT2D eigenvalue weighted by Gasteiger charge is -2.07. The second kappa shape index (κ2) is 7.68. The lowest BCUT2D eigenvalue weighted by molar-refractivity contribution is -0.121. The fourth-order valence-electron chi connectivity index (χ4n) is 1.41. The topological polar surface area (TPSA) is 58.6 Å². The molecule has 0 aliphatic rings. The van der Waals surface area contributed by atoms with Crippen LogP contribution in [0, 0.1) is 6.92 Å². The van der Waals surface area contributed by atoms with Crippen molar-refractivity contribution in [1.29, 1.82) is 0 Å². The number of aliphatic hydroxyl groups excluding tert-OH is 1. The monoisotopic (exact) mass is 237 g/mol. The Labute approximate surface area is 102 Å². The van der Waals surface area contributed by atoms with Crippen LogP contribution >= 0.6 is 0 Å². The molecule has 1 rings (SSSR count). The molecule has 0 heterocycles. The van der Waals surface area contributed by atoms with E-state index < -0.39 is 0 Å². The predicted molar refractivity (Wildman–Crippen MR) is 66.0 cm³/mol. The first-order chi connectivity index (χ1) is 8.22. The first-order valence-electron chi connectivity index (χ1n) is 5.79. The smallest absolute Gasteiger partial charge is 0.220 e. The van der Waals surface area contributed by atoms with Gasteiger partial charge >= 0.3 is 0 Å². The molecule has 0 aliphatic heterocycles. The van der Waals surface area contributed by atoms with Crippen LogP contribution < -0.4 is 10.1 Å². The molecule has 0 unspecified atom stereocenters. The molecule has 4 heteroatoms. The highest BCUT2D eigenvalue weighted by atomic mass is 16.5. The van der Waals surface area contributed by atoms with E-state index in [4.69, 9.17) is 9.84 Å². The van der Waals surface area contributed by atoms with Gasteiger partial charge in [0.2, 0.25) is 5.91 Å². The molecule has 0 bridgehead atoms. The summed E-state index contributed by atoms with van der Waals surface area (Å²) >= 11 is 0. The van der Waals surface area contributed by atoms with Crippen LogP contribution in [0.5, 0.6) is 5.75 Å². The van der Waals surface area contributed by atoms with Gasteiger partial charge in [-0.1, -0.05) is 12.1 Å². The summed E-state index contributed by atoms with van der Waals surface area (Å²) in [5.74, 6) is 0.785. The number of hydrogen-bond donors (Lipinski definition) is 2. The number of rotatable bonds is 7. The third-order valence-corrected chi connectivity index (χ3v) is 2.24.